The molecule has 23 heavy (non-hydrogen) atoms. The van der Waals surface area contributed by atoms with E-state index in [2.05, 4.69) is 10.2 Å². The number of azo groups is 1. The van der Waals surface area contributed by atoms with Crippen molar-refractivity contribution in [3.63, 3.8) is 0 Å². The number of hydrogen-bond acceptors (Lipinski definition) is 3. The number of benzene rings is 1. The van der Waals surface area contributed by atoms with Gasteiger partial charge in [0.15, 0.2) is 5.78 Å². The topological polar surface area (TPSA) is 41.8 Å². The van der Waals surface area contributed by atoms with E-state index in [0.29, 0.717) is 15.7 Å². The van der Waals surface area contributed by atoms with Crippen molar-refractivity contribution in [2.24, 2.45) is 16.1 Å². The summed E-state index contributed by atoms with van der Waals surface area (Å²) in [5.74, 6) is -0.442. The molecule has 7 heteroatoms. The van der Waals surface area contributed by atoms with Crippen LogP contribution in [0.1, 0.15) is 44.1 Å². The van der Waals surface area contributed by atoms with Crippen molar-refractivity contribution in [2.45, 2.75) is 49.9 Å². The fourth-order valence-corrected chi connectivity index (χ4v) is 3.79. The molecule has 0 N–H and O–H groups in total. The lowest BCUT2D eigenvalue weighted by molar-refractivity contribution is -0.123. The van der Waals surface area contributed by atoms with Crippen LogP contribution in [-0.4, -0.2) is 10.2 Å². The van der Waals surface area contributed by atoms with Crippen molar-refractivity contribution in [3.05, 3.63) is 27.7 Å². The molecular formula is C16H18Cl4N2O. The van der Waals surface area contributed by atoms with Gasteiger partial charge in [0.25, 0.3) is 4.46 Å². The third-order valence-corrected chi connectivity index (χ3v) is 5.05. The molecule has 2 rings (SSSR count). The van der Waals surface area contributed by atoms with Gasteiger partial charge in [0.1, 0.15) is 5.69 Å². The van der Waals surface area contributed by atoms with E-state index in [9.17, 15) is 4.79 Å². The van der Waals surface area contributed by atoms with Crippen LogP contribution in [0.4, 0.5) is 5.69 Å². The largest absolute Gasteiger partial charge is 0.294 e. The third kappa shape index (κ3) is 5.06. The number of rotatable bonds is 4. The van der Waals surface area contributed by atoms with Crippen LogP contribution in [0.5, 0.6) is 0 Å². The summed E-state index contributed by atoms with van der Waals surface area (Å²) in [6.07, 6.45) is 5.91. The molecule has 0 radical (unpaired) electrons. The van der Waals surface area contributed by atoms with Crippen LogP contribution < -0.4 is 0 Å². The van der Waals surface area contributed by atoms with Crippen LogP contribution in [0.15, 0.2) is 22.4 Å². The van der Waals surface area contributed by atoms with E-state index in [0.717, 1.165) is 44.1 Å². The van der Waals surface area contributed by atoms with Gasteiger partial charge in [-0.3, -0.25) is 4.79 Å². The smallest absolute Gasteiger partial charge is 0.286 e. The molecule has 126 valence electrons. The second kappa shape index (κ2) is 8.15. The Morgan fingerprint density at radius 1 is 1.13 bits per heavy atom. The second-order valence-corrected chi connectivity index (χ2v) is 7.98. The quantitative estimate of drug-likeness (QED) is 0.233. The molecule has 0 unspecified atom stereocenters. The average molecular weight is 396 g/mol. The van der Waals surface area contributed by atoms with Gasteiger partial charge in [0.2, 0.25) is 0 Å². The Labute approximate surface area is 156 Å². The number of carbonyl (C=O) groups excluding carboxylic acids is 1. The van der Waals surface area contributed by atoms with Crippen LogP contribution in [0.2, 0.25) is 10.0 Å². The highest BCUT2D eigenvalue weighted by Crippen LogP contribution is 2.37. The molecule has 0 aliphatic heterocycles. The summed E-state index contributed by atoms with van der Waals surface area (Å²) in [7, 11) is 0. The van der Waals surface area contributed by atoms with Crippen LogP contribution in [0.3, 0.4) is 0 Å². The van der Waals surface area contributed by atoms with Crippen molar-refractivity contribution >= 4 is 57.9 Å². The number of Topliss-reactive ketones (excluding diaryl/α,β-unsaturated/α-hetero) is 1. The molecule has 0 heterocycles. The molecule has 1 aliphatic rings. The van der Waals surface area contributed by atoms with Gasteiger partial charge in [-0.2, -0.15) is 5.11 Å². The molecule has 0 amide bonds. The lowest BCUT2D eigenvalue weighted by Gasteiger charge is -2.19. The van der Waals surface area contributed by atoms with Gasteiger partial charge < -0.3 is 0 Å². The maximum Gasteiger partial charge on any atom is 0.286 e. The van der Waals surface area contributed by atoms with Gasteiger partial charge in [0.05, 0.1) is 5.02 Å². The maximum atomic E-state index is 12.5. The highest BCUT2D eigenvalue weighted by atomic mass is 35.5. The normalized spacial score (nSPS) is 17.4. The van der Waals surface area contributed by atoms with Crippen LogP contribution >= 0.6 is 46.4 Å². The Bertz CT molecular complexity index is 585. The Balaban J connectivity index is 2.18. The molecule has 3 nitrogen and oxygen atoms in total. The van der Waals surface area contributed by atoms with E-state index in [4.69, 9.17) is 46.4 Å². The zero-order valence-electron chi connectivity index (χ0n) is 12.8. The lowest BCUT2D eigenvalue weighted by atomic mass is 9.95. The van der Waals surface area contributed by atoms with E-state index in [1.165, 1.54) is 0 Å². The first kappa shape index (κ1) is 19.0. The van der Waals surface area contributed by atoms with E-state index < -0.39 is 4.46 Å². The Hall–Kier alpha value is -0.350. The molecule has 1 aliphatic carbocycles. The Morgan fingerprint density at radius 2 is 1.74 bits per heavy atom. The maximum absolute atomic E-state index is 12.5. The summed E-state index contributed by atoms with van der Waals surface area (Å²) < 4.78 is -1.88. The average Bonchev–Trinajstić information content (AvgIpc) is 2.74. The number of ketones is 1. The number of alkyl halides is 2. The minimum atomic E-state index is -1.88. The molecule has 1 saturated carbocycles. The number of aryl methyl sites for hydroxylation is 1. The fraction of sp³-hybridized carbons (Fsp3) is 0.562. The third-order valence-electron chi connectivity index (χ3n) is 4.02. The first-order valence-electron chi connectivity index (χ1n) is 7.62. The van der Waals surface area contributed by atoms with Crippen molar-refractivity contribution in [2.75, 3.05) is 0 Å². The summed E-state index contributed by atoms with van der Waals surface area (Å²) in [6, 6.07) is 3.26. The van der Waals surface area contributed by atoms with Gasteiger partial charge in [-0.15, -0.1) is 5.11 Å². The first-order valence-corrected chi connectivity index (χ1v) is 9.13. The molecule has 0 spiro atoms. The minimum absolute atomic E-state index is 0.159. The number of carbonyl (C=O) groups is 1. The van der Waals surface area contributed by atoms with Crippen LogP contribution in [-0.2, 0) is 4.79 Å². The number of hydrogen-bond donors (Lipinski definition) is 0. The van der Waals surface area contributed by atoms with Crippen molar-refractivity contribution in [1.82, 2.24) is 0 Å². The predicted octanol–water partition coefficient (Wildman–Crippen LogP) is 7.06. The Morgan fingerprint density at radius 3 is 2.30 bits per heavy atom. The van der Waals surface area contributed by atoms with E-state index in [-0.39, 0.29) is 11.7 Å². The lowest BCUT2D eigenvalue weighted by Crippen LogP contribution is -2.30. The first-order chi connectivity index (χ1) is 10.8. The van der Waals surface area contributed by atoms with E-state index in [1.807, 2.05) is 0 Å². The highest BCUT2D eigenvalue weighted by molar-refractivity contribution is 6.58. The van der Waals surface area contributed by atoms with Gasteiger partial charge in [-0.05, 0) is 37.5 Å². The highest BCUT2D eigenvalue weighted by Gasteiger charge is 2.39. The number of nitrogens with zero attached hydrogens (tertiary/aromatic N) is 2. The summed E-state index contributed by atoms with van der Waals surface area (Å²) >= 11 is 24.3. The molecule has 1 aromatic carbocycles. The summed E-state index contributed by atoms with van der Waals surface area (Å²) in [5, 5.41) is 8.71. The zero-order chi connectivity index (χ0) is 17.0. The zero-order valence-corrected chi connectivity index (χ0v) is 15.8. The van der Waals surface area contributed by atoms with Gasteiger partial charge in [0, 0.05) is 10.9 Å². The van der Waals surface area contributed by atoms with Gasteiger partial charge in [-0.1, -0.05) is 72.1 Å². The molecule has 0 atom stereocenters. The summed E-state index contributed by atoms with van der Waals surface area (Å²) in [4.78, 5) is 12.5. The molecule has 0 saturated heterocycles. The molecule has 0 aromatic heterocycles. The second-order valence-electron chi connectivity index (χ2n) is 5.85. The van der Waals surface area contributed by atoms with E-state index >= 15 is 0 Å². The SMILES string of the molecule is Cc1cc(Cl)cc(Cl)c1/N=N/C(Cl)(Cl)C(=O)C1CCCCCC1. The molecule has 0 bridgehead atoms. The van der Waals surface area contributed by atoms with Crippen molar-refractivity contribution in [1.29, 1.82) is 0 Å². The fourth-order valence-electron chi connectivity index (χ4n) is 2.77. The Kier molecular flexibility index (Phi) is 6.73. The monoisotopic (exact) mass is 394 g/mol. The predicted molar refractivity (Wildman–Crippen MR) is 96.4 cm³/mol. The molecule has 1 aromatic rings. The standard InChI is InChI=1S/C16H18Cl4N2O/c1-10-8-12(17)9-13(18)14(10)21-22-16(19,20)15(23)11-6-4-2-3-5-7-11/h8-9,11H,2-7H2,1H3/b22-21+. The van der Waals surface area contributed by atoms with Gasteiger partial charge in [-0.25, -0.2) is 0 Å². The number of halogens is 4. The van der Waals surface area contributed by atoms with E-state index in [1.54, 1.807) is 19.1 Å². The molecule has 1 fully saturated rings. The molecular weight excluding hydrogens is 378 g/mol. The van der Waals surface area contributed by atoms with Gasteiger partial charge >= 0.3 is 0 Å². The summed E-state index contributed by atoms with van der Waals surface area (Å²) in [6.45, 7) is 1.80. The van der Waals surface area contributed by atoms with Crippen LogP contribution in [0, 0.1) is 12.8 Å². The summed E-state index contributed by atoms with van der Waals surface area (Å²) in [5.41, 5.74) is 1.15. The van der Waals surface area contributed by atoms with Crippen molar-refractivity contribution < 1.29 is 4.79 Å². The van der Waals surface area contributed by atoms with Crippen LogP contribution in [0.25, 0.3) is 0 Å². The minimum Gasteiger partial charge on any atom is -0.294 e. The van der Waals surface area contributed by atoms with Crippen molar-refractivity contribution in [3.8, 4) is 0 Å².